The Kier molecular flexibility index (Phi) is 6.46. The monoisotopic (exact) mass is 376 g/mol. The number of Topliss-reactive ketones (excluding diaryl/α,β-unsaturated/α-hetero) is 1. The van der Waals surface area contributed by atoms with Gasteiger partial charge in [0.05, 0.1) is 0 Å². The highest BCUT2D eigenvalue weighted by Gasteiger charge is 2.56. The van der Waals surface area contributed by atoms with E-state index in [1.165, 1.54) is 44.9 Å². The maximum absolute atomic E-state index is 13.3. The summed E-state index contributed by atoms with van der Waals surface area (Å²) in [6.07, 6.45) is 10.3. The lowest BCUT2D eigenvalue weighted by Gasteiger charge is -2.59. The average Bonchev–Trinajstić information content (AvgIpc) is 3.13. The fourth-order valence-electron chi connectivity index (χ4n) is 7.37. The minimum atomic E-state index is 0.159. The smallest absolute Gasteiger partial charge is 0.139 e. The number of fused-ring (bicyclic) bond motifs is 1. The first-order chi connectivity index (χ1) is 12.7. The van der Waals surface area contributed by atoms with Gasteiger partial charge in [0, 0.05) is 25.0 Å². The first-order valence-electron chi connectivity index (χ1n) is 11.8. The van der Waals surface area contributed by atoms with Crippen molar-refractivity contribution in [3.8, 4) is 0 Å². The predicted octanol–water partition coefficient (Wildman–Crippen LogP) is 6.52. The number of carbonyl (C=O) groups excluding carboxylic acids is 1. The molecule has 0 amide bonds. The summed E-state index contributed by atoms with van der Waals surface area (Å²) >= 11 is 0. The van der Waals surface area contributed by atoms with E-state index in [1.54, 1.807) is 0 Å². The van der Waals surface area contributed by atoms with E-state index in [4.69, 9.17) is 4.74 Å². The third-order valence-electron chi connectivity index (χ3n) is 8.94. The van der Waals surface area contributed by atoms with Crippen molar-refractivity contribution in [3.05, 3.63) is 0 Å². The van der Waals surface area contributed by atoms with E-state index in [0.29, 0.717) is 34.9 Å². The number of hydrogen-bond donors (Lipinski definition) is 0. The van der Waals surface area contributed by atoms with Gasteiger partial charge in [-0.3, -0.25) is 4.79 Å². The molecule has 2 saturated carbocycles. The number of carbonyl (C=O) groups is 1. The van der Waals surface area contributed by atoms with Gasteiger partial charge in [0.15, 0.2) is 0 Å². The maximum Gasteiger partial charge on any atom is 0.139 e. The minimum absolute atomic E-state index is 0.159. The summed E-state index contributed by atoms with van der Waals surface area (Å²) in [5, 5.41) is 0. The number of hydrogen-bond acceptors (Lipinski definition) is 2. The Balaban J connectivity index is 1.95. The van der Waals surface area contributed by atoms with E-state index in [0.717, 1.165) is 19.6 Å². The molecule has 0 spiro atoms. The lowest BCUT2D eigenvalue weighted by atomic mass is 9.45. The molecule has 1 aliphatic heterocycles. The first-order valence-corrected chi connectivity index (χ1v) is 11.8. The number of rotatable bonds is 6. The Morgan fingerprint density at radius 2 is 1.78 bits per heavy atom. The molecule has 0 N–H and O–H groups in total. The summed E-state index contributed by atoms with van der Waals surface area (Å²) < 4.78 is 5.78. The zero-order chi connectivity index (χ0) is 19.8. The van der Waals surface area contributed by atoms with Gasteiger partial charge in [-0.15, -0.1) is 0 Å². The van der Waals surface area contributed by atoms with Gasteiger partial charge in [0.2, 0.25) is 0 Å². The van der Waals surface area contributed by atoms with Crippen LogP contribution < -0.4 is 0 Å². The van der Waals surface area contributed by atoms with Crippen molar-refractivity contribution in [1.82, 2.24) is 0 Å². The summed E-state index contributed by atoms with van der Waals surface area (Å²) in [6.45, 7) is 16.0. The molecule has 156 valence electrons. The molecule has 4 unspecified atom stereocenters. The number of ketones is 1. The third-order valence-corrected chi connectivity index (χ3v) is 8.94. The molecule has 0 aromatic heterocycles. The van der Waals surface area contributed by atoms with Gasteiger partial charge in [-0.1, -0.05) is 54.4 Å². The van der Waals surface area contributed by atoms with Gasteiger partial charge in [-0.05, 0) is 73.0 Å². The Morgan fingerprint density at radius 1 is 1.04 bits per heavy atom. The lowest BCUT2D eigenvalue weighted by Crippen LogP contribution is -2.54. The van der Waals surface area contributed by atoms with Crippen molar-refractivity contribution >= 4 is 5.78 Å². The first kappa shape index (κ1) is 21.3. The minimum Gasteiger partial charge on any atom is -0.381 e. The SMILES string of the molecule is CC(C)C(=O)C1CC[C@@]2(C)CCCCC2[C@@]1(C)CC(C(C)C)C1CCOC1. The Morgan fingerprint density at radius 3 is 2.37 bits per heavy atom. The van der Waals surface area contributed by atoms with Crippen LogP contribution in [0.5, 0.6) is 0 Å². The zero-order valence-electron chi connectivity index (χ0n) is 18.9. The summed E-state index contributed by atoms with van der Waals surface area (Å²) in [6, 6.07) is 0. The fraction of sp³-hybridized carbons (Fsp3) is 0.960. The second-order valence-electron chi connectivity index (χ2n) is 11.3. The number of ether oxygens (including phenoxy) is 1. The summed E-state index contributed by atoms with van der Waals surface area (Å²) in [7, 11) is 0. The molecular weight excluding hydrogens is 332 g/mol. The molecule has 0 bridgehead atoms. The summed E-state index contributed by atoms with van der Waals surface area (Å²) in [5.74, 6) is 3.71. The van der Waals surface area contributed by atoms with E-state index in [-0.39, 0.29) is 17.3 Å². The van der Waals surface area contributed by atoms with Gasteiger partial charge in [-0.25, -0.2) is 0 Å². The molecule has 3 fully saturated rings. The van der Waals surface area contributed by atoms with Crippen LogP contribution in [0.2, 0.25) is 0 Å². The van der Waals surface area contributed by atoms with Crippen LogP contribution in [0, 0.1) is 46.3 Å². The van der Waals surface area contributed by atoms with E-state index in [1.807, 2.05) is 0 Å². The van der Waals surface area contributed by atoms with Crippen LogP contribution in [-0.4, -0.2) is 19.0 Å². The van der Waals surface area contributed by atoms with E-state index in [9.17, 15) is 4.79 Å². The van der Waals surface area contributed by atoms with Crippen molar-refractivity contribution in [3.63, 3.8) is 0 Å². The van der Waals surface area contributed by atoms with Gasteiger partial charge < -0.3 is 4.74 Å². The fourth-order valence-corrected chi connectivity index (χ4v) is 7.37. The van der Waals surface area contributed by atoms with Gasteiger partial charge in [0.1, 0.15) is 5.78 Å². The molecule has 0 aromatic rings. The molecule has 27 heavy (non-hydrogen) atoms. The van der Waals surface area contributed by atoms with Crippen LogP contribution in [0.3, 0.4) is 0 Å². The zero-order valence-corrected chi connectivity index (χ0v) is 18.9. The van der Waals surface area contributed by atoms with Gasteiger partial charge in [-0.2, -0.15) is 0 Å². The van der Waals surface area contributed by atoms with Crippen molar-refractivity contribution in [2.75, 3.05) is 13.2 Å². The molecule has 3 rings (SSSR count). The molecule has 0 radical (unpaired) electrons. The van der Waals surface area contributed by atoms with E-state index in [2.05, 4.69) is 41.5 Å². The van der Waals surface area contributed by atoms with Crippen LogP contribution in [0.1, 0.15) is 92.9 Å². The standard InChI is InChI=1S/C25H44O2/c1-17(2)20(19-11-14-27-16-19)15-25(6)21(23(26)18(3)4)10-13-24(5)12-8-7-9-22(24)25/h17-22H,7-16H2,1-6H3/t19?,20?,21?,22?,24-,25+/m1/s1. The van der Waals surface area contributed by atoms with Crippen molar-refractivity contribution in [2.45, 2.75) is 92.9 Å². The highest BCUT2D eigenvalue weighted by atomic mass is 16.5. The predicted molar refractivity (Wildman–Crippen MR) is 113 cm³/mol. The van der Waals surface area contributed by atoms with Gasteiger partial charge in [0.25, 0.3) is 0 Å². The van der Waals surface area contributed by atoms with E-state index >= 15 is 0 Å². The normalized spacial score (nSPS) is 41.0. The van der Waals surface area contributed by atoms with Crippen LogP contribution in [0.4, 0.5) is 0 Å². The maximum atomic E-state index is 13.3. The summed E-state index contributed by atoms with van der Waals surface area (Å²) in [5.41, 5.74) is 0.612. The topological polar surface area (TPSA) is 26.3 Å². The molecule has 6 atom stereocenters. The van der Waals surface area contributed by atoms with Crippen LogP contribution in [0.15, 0.2) is 0 Å². The Bertz CT molecular complexity index is 518. The molecule has 2 aliphatic carbocycles. The van der Waals surface area contributed by atoms with Gasteiger partial charge >= 0.3 is 0 Å². The second-order valence-corrected chi connectivity index (χ2v) is 11.3. The van der Waals surface area contributed by atoms with Crippen LogP contribution in [0.25, 0.3) is 0 Å². The van der Waals surface area contributed by atoms with Crippen molar-refractivity contribution in [1.29, 1.82) is 0 Å². The highest BCUT2D eigenvalue weighted by molar-refractivity contribution is 5.83. The van der Waals surface area contributed by atoms with Crippen molar-refractivity contribution in [2.24, 2.45) is 46.3 Å². The molecular formula is C25H44O2. The highest BCUT2D eigenvalue weighted by Crippen LogP contribution is 2.63. The quantitative estimate of drug-likeness (QED) is 0.527. The van der Waals surface area contributed by atoms with E-state index < -0.39 is 0 Å². The van der Waals surface area contributed by atoms with Crippen molar-refractivity contribution < 1.29 is 9.53 Å². The molecule has 0 aromatic carbocycles. The van der Waals surface area contributed by atoms with Crippen LogP contribution >= 0.6 is 0 Å². The second kappa shape index (κ2) is 8.17. The third kappa shape index (κ3) is 4.02. The average molecular weight is 377 g/mol. The molecule has 3 aliphatic rings. The Labute approximate surface area is 168 Å². The lowest BCUT2D eigenvalue weighted by molar-refractivity contribution is -0.147. The summed E-state index contributed by atoms with van der Waals surface area (Å²) in [4.78, 5) is 13.3. The Hall–Kier alpha value is -0.370. The molecule has 1 saturated heterocycles. The van der Waals surface area contributed by atoms with Crippen LogP contribution in [-0.2, 0) is 9.53 Å². The molecule has 2 nitrogen and oxygen atoms in total. The molecule has 2 heteroatoms. The molecule has 1 heterocycles. The largest absolute Gasteiger partial charge is 0.381 e.